The van der Waals surface area contributed by atoms with Crippen LogP contribution >= 0.6 is 48.0 Å². The Bertz CT molecular complexity index is 237. The van der Waals surface area contributed by atoms with E-state index in [1.54, 1.807) is 23.5 Å². The molecular formula is C8H14N2S4. The fraction of sp³-hybridized carbons (Fsp3) is 0.750. The summed E-state index contributed by atoms with van der Waals surface area (Å²) in [4.78, 5) is 0. The van der Waals surface area contributed by atoms with Crippen molar-refractivity contribution < 1.29 is 0 Å². The minimum Gasteiger partial charge on any atom is -0.385 e. The van der Waals surface area contributed by atoms with Crippen molar-refractivity contribution >= 4 is 56.6 Å². The van der Waals surface area contributed by atoms with Crippen LogP contribution in [0.15, 0.2) is 0 Å². The molecule has 4 N–H and O–H groups in total. The zero-order valence-electron chi connectivity index (χ0n) is 7.82. The number of rotatable bonds is 5. The Hall–Kier alpha value is 0.480. The minimum absolute atomic E-state index is 0.364. The van der Waals surface area contributed by atoms with Crippen LogP contribution < -0.4 is 11.5 Å². The van der Waals surface area contributed by atoms with Gasteiger partial charge in [0, 0.05) is 10.5 Å². The highest BCUT2D eigenvalue weighted by Crippen LogP contribution is 2.51. The Morgan fingerprint density at radius 2 is 1.86 bits per heavy atom. The van der Waals surface area contributed by atoms with Crippen molar-refractivity contribution in [2.24, 2.45) is 11.5 Å². The summed E-state index contributed by atoms with van der Waals surface area (Å²) in [5.41, 5.74) is 10.9. The Labute approximate surface area is 104 Å². The van der Waals surface area contributed by atoms with Crippen LogP contribution in [0.3, 0.4) is 0 Å². The van der Waals surface area contributed by atoms with Crippen molar-refractivity contribution in [3.63, 3.8) is 0 Å². The van der Waals surface area contributed by atoms with E-state index in [4.69, 9.17) is 35.9 Å². The van der Waals surface area contributed by atoms with E-state index in [1.807, 2.05) is 0 Å². The molecule has 1 fully saturated rings. The number of thioether (sulfide) groups is 2. The van der Waals surface area contributed by atoms with Crippen molar-refractivity contribution in [3.8, 4) is 0 Å². The van der Waals surface area contributed by atoms with Crippen molar-refractivity contribution in [1.29, 1.82) is 0 Å². The van der Waals surface area contributed by atoms with Gasteiger partial charge in [-0.05, 0) is 25.7 Å². The highest BCUT2D eigenvalue weighted by Gasteiger charge is 2.43. The molecule has 0 aromatic heterocycles. The quantitative estimate of drug-likeness (QED) is 0.588. The second-order valence-corrected chi connectivity index (χ2v) is 7.42. The van der Waals surface area contributed by atoms with Crippen molar-refractivity contribution in [2.45, 2.75) is 30.4 Å². The molecule has 0 aromatic rings. The molecule has 6 heteroatoms. The van der Waals surface area contributed by atoms with Crippen LogP contribution in [0, 0.1) is 0 Å². The van der Waals surface area contributed by atoms with Crippen LogP contribution in [-0.2, 0) is 0 Å². The lowest BCUT2D eigenvalue weighted by Gasteiger charge is -2.12. The third kappa shape index (κ3) is 4.82. The summed E-state index contributed by atoms with van der Waals surface area (Å²) in [6.45, 7) is 0. The molecule has 2 nitrogen and oxygen atoms in total. The third-order valence-electron chi connectivity index (χ3n) is 2.15. The summed E-state index contributed by atoms with van der Waals surface area (Å²) in [5, 5.41) is 0. The average Bonchev–Trinajstić information content (AvgIpc) is 2.78. The van der Waals surface area contributed by atoms with Gasteiger partial charge in [0.1, 0.15) is 8.64 Å². The molecule has 1 rings (SSSR count). The van der Waals surface area contributed by atoms with Crippen LogP contribution in [-0.4, -0.2) is 19.1 Å². The summed E-state index contributed by atoms with van der Waals surface area (Å²) < 4.78 is 1.48. The fourth-order valence-electron chi connectivity index (χ4n) is 1.32. The van der Waals surface area contributed by atoms with E-state index in [1.165, 1.54) is 19.3 Å². The highest BCUT2D eigenvalue weighted by atomic mass is 32.2. The molecule has 0 heterocycles. The standard InChI is InChI=1S/C8H14N2S4/c9-6(11)13-5-1-2-8(3-4-8)14-7(10)12/h1-5H2,(H2,9,11)(H2,10,12). The van der Waals surface area contributed by atoms with E-state index in [9.17, 15) is 0 Å². The lowest BCUT2D eigenvalue weighted by atomic mass is 10.2. The first-order chi connectivity index (χ1) is 6.54. The van der Waals surface area contributed by atoms with Gasteiger partial charge in [-0.25, -0.2) is 0 Å². The van der Waals surface area contributed by atoms with Crippen molar-refractivity contribution in [1.82, 2.24) is 0 Å². The number of nitrogens with two attached hydrogens (primary N) is 2. The van der Waals surface area contributed by atoms with E-state index in [0.29, 0.717) is 13.4 Å². The Morgan fingerprint density at radius 3 is 2.29 bits per heavy atom. The van der Waals surface area contributed by atoms with Gasteiger partial charge in [0.05, 0.1) is 0 Å². The predicted molar refractivity (Wildman–Crippen MR) is 74.8 cm³/mol. The normalized spacial score (nSPS) is 17.7. The Morgan fingerprint density at radius 1 is 1.21 bits per heavy atom. The van der Waals surface area contributed by atoms with E-state index >= 15 is 0 Å². The van der Waals surface area contributed by atoms with Crippen LogP contribution in [0.1, 0.15) is 25.7 Å². The predicted octanol–water partition coefficient (Wildman–Crippen LogP) is 2.25. The Balaban J connectivity index is 2.11. The summed E-state index contributed by atoms with van der Waals surface area (Å²) in [5.74, 6) is 1.01. The maximum absolute atomic E-state index is 5.52. The summed E-state index contributed by atoms with van der Waals surface area (Å²) >= 11 is 12.9. The number of thiocarbonyl (C=S) groups is 2. The first kappa shape index (κ1) is 12.5. The highest BCUT2D eigenvalue weighted by molar-refractivity contribution is 8.24. The molecule has 0 radical (unpaired) electrons. The lowest BCUT2D eigenvalue weighted by Crippen LogP contribution is -2.13. The molecule has 0 spiro atoms. The van der Waals surface area contributed by atoms with Crippen LogP contribution in [0.5, 0.6) is 0 Å². The van der Waals surface area contributed by atoms with Crippen LogP contribution in [0.25, 0.3) is 0 Å². The molecule has 0 aromatic carbocycles. The largest absolute Gasteiger partial charge is 0.385 e. The molecule has 0 saturated heterocycles. The van der Waals surface area contributed by atoms with Gasteiger partial charge in [0.25, 0.3) is 0 Å². The molecule has 0 aliphatic heterocycles. The van der Waals surface area contributed by atoms with Gasteiger partial charge >= 0.3 is 0 Å². The van der Waals surface area contributed by atoms with Crippen LogP contribution in [0.2, 0.25) is 0 Å². The van der Waals surface area contributed by atoms with Gasteiger partial charge < -0.3 is 11.5 Å². The number of hydrogen-bond acceptors (Lipinski definition) is 4. The van der Waals surface area contributed by atoms with E-state index < -0.39 is 0 Å². The Kier molecular flexibility index (Phi) is 4.96. The molecule has 1 aliphatic rings. The first-order valence-electron chi connectivity index (χ1n) is 4.45. The summed E-state index contributed by atoms with van der Waals surface area (Å²) in [6.07, 6.45) is 4.79. The smallest absolute Gasteiger partial charge is 0.131 e. The first-order valence-corrected chi connectivity index (χ1v) is 7.07. The van der Waals surface area contributed by atoms with Gasteiger partial charge in [-0.2, -0.15) is 0 Å². The topological polar surface area (TPSA) is 52.0 Å². The van der Waals surface area contributed by atoms with Gasteiger partial charge in [0.2, 0.25) is 0 Å². The monoisotopic (exact) mass is 266 g/mol. The van der Waals surface area contributed by atoms with Crippen molar-refractivity contribution in [3.05, 3.63) is 0 Å². The van der Waals surface area contributed by atoms with Crippen molar-refractivity contribution in [2.75, 3.05) is 5.75 Å². The molecule has 1 aliphatic carbocycles. The molecule has 0 amide bonds. The van der Waals surface area contributed by atoms with E-state index in [2.05, 4.69) is 0 Å². The molecule has 1 saturated carbocycles. The lowest BCUT2D eigenvalue weighted by molar-refractivity contribution is 0.758. The molecule has 0 atom stereocenters. The second-order valence-electron chi connectivity index (χ2n) is 3.38. The average molecular weight is 266 g/mol. The van der Waals surface area contributed by atoms with E-state index in [-0.39, 0.29) is 0 Å². The zero-order chi connectivity index (χ0) is 10.6. The van der Waals surface area contributed by atoms with Gasteiger partial charge in [-0.3, -0.25) is 0 Å². The minimum atomic E-state index is 0.364. The molecule has 0 bridgehead atoms. The third-order valence-corrected chi connectivity index (χ3v) is 4.77. The zero-order valence-corrected chi connectivity index (χ0v) is 11.1. The van der Waals surface area contributed by atoms with Gasteiger partial charge in [-0.1, -0.05) is 48.0 Å². The van der Waals surface area contributed by atoms with E-state index in [0.717, 1.165) is 12.2 Å². The van der Waals surface area contributed by atoms with Crippen LogP contribution in [0.4, 0.5) is 0 Å². The fourth-order valence-corrected chi connectivity index (χ4v) is 3.57. The van der Waals surface area contributed by atoms with Gasteiger partial charge in [-0.15, -0.1) is 0 Å². The second kappa shape index (κ2) is 5.53. The summed E-state index contributed by atoms with van der Waals surface area (Å²) in [7, 11) is 0. The molecule has 0 unspecified atom stereocenters. The number of hydrogen-bond donors (Lipinski definition) is 2. The molecule has 14 heavy (non-hydrogen) atoms. The maximum Gasteiger partial charge on any atom is 0.131 e. The summed E-state index contributed by atoms with van der Waals surface area (Å²) in [6, 6.07) is 0. The SMILES string of the molecule is NC(=S)SCCCC1(SC(N)=S)CC1. The van der Waals surface area contributed by atoms with Gasteiger partial charge in [0.15, 0.2) is 0 Å². The molecule has 80 valence electrons. The maximum atomic E-state index is 5.52. The molecular weight excluding hydrogens is 252 g/mol.